The standard InChI is InChI=1S/C8H10BrNO2/c9-8-6(4-5-12-10)2-1-3-7(8)11/h1-3,11H,4-5,10H2. The van der Waals surface area contributed by atoms with Crippen LogP contribution in [-0.4, -0.2) is 11.7 Å². The molecule has 0 aliphatic carbocycles. The highest BCUT2D eigenvalue weighted by Gasteiger charge is 2.02. The van der Waals surface area contributed by atoms with Crippen LogP contribution < -0.4 is 5.90 Å². The van der Waals surface area contributed by atoms with Crippen molar-refractivity contribution in [3.8, 4) is 5.75 Å². The third-order valence-electron chi connectivity index (χ3n) is 1.55. The highest BCUT2D eigenvalue weighted by atomic mass is 79.9. The summed E-state index contributed by atoms with van der Waals surface area (Å²) in [5.41, 5.74) is 0.987. The smallest absolute Gasteiger partial charge is 0.130 e. The maximum Gasteiger partial charge on any atom is 0.130 e. The Morgan fingerprint density at radius 3 is 2.92 bits per heavy atom. The average molecular weight is 232 g/mol. The van der Waals surface area contributed by atoms with Crippen molar-refractivity contribution in [2.45, 2.75) is 6.42 Å². The van der Waals surface area contributed by atoms with Crippen molar-refractivity contribution in [1.29, 1.82) is 0 Å². The Morgan fingerprint density at radius 2 is 2.25 bits per heavy atom. The van der Waals surface area contributed by atoms with Gasteiger partial charge in [0.05, 0.1) is 11.1 Å². The van der Waals surface area contributed by atoms with Crippen LogP contribution in [0.15, 0.2) is 22.7 Å². The molecule has 66 valence electrons. The number of halogens is 1. The molecule has 1 aromatic rings. The molecule has 0 spiro atoms. The van der Waals surface area contributed by atoms with Gasteiger partial charge < -0.3 is 9.94 Å². The molecule has 4 heteroatoms. The summed E-state index contributed by atoms with van der Waals surface area (Å²) in [5, 5.41) is 9.28. The van der Waals surface area contributed by atoms with Crippen LogP contribution in [0, 0.1) is 0 Å². The Labute approximate surface area is 79.2 Å². The molecular formula is C8H10BrNO2. The number of hydrogen-bond acceptors (Lipinski definition) is 3. The molecule has 0 atom stereocenters. The van der Waals surface area contributed by atoms with Crippen LogP contribution in [-0.2, 0) is 11.3 Å². The first-order valence-corrected chi connectivity index (χ1v) is 4.33. The van der Waals surface area contributed by atoms with E-state index >= 15 is 0 Å². The first-order chi connectivity index (χ1) is 5.75. The van der Waals surface area contributed by atoms with Gasteiger partial charge in [0.2, 0.25) is 0 Å². The number of phenols is 1. The van der Waals surface area contributed by atoms with Gasteiger partial charge >= 0.3 is 0 Å². The summed E-state index contributed by atoms with van der Waals surface area (Å²) in [5.74, 6) is 5.13. The lowest BCUT2D eigenvalue weighted by Gasteiger charge is -2.04. The van der Waals surface area contributed by atoms with Crippen molar-refractivity contribution in [3.05, 3.63) is 28.2 Å². The molecule has 0 aliphatic rings. The lowest BCUT2D eigenvalue weighted by molar-refractivity contribution is 0.141. The number of aromatic hydroxyl groups is 1. The van der Waals surface area contributed by atoms with E-state index in [-0.39, 0.29) is 5.75 Å². The SMILES string of the molecule is NOCCc1cccc(O)c1Br. The molecule has 0 radical (unpaired) electrons. The van der Waals surface area contributed by atoms with Crippen LogP contribution in [0.2, 0.25) is 0 Å². The number of phenolic OH excluding ortho intramolecular Hbond substituents is 1. The summed E-state index contributed by atoms with van der Waals surface area (Å²) < 4.78 is 0.710. The molecule has 0 heterocycles. The highest BCUT2D eigenvalue weighted by Crippen LogP contribution is 2.27. The first kappa shape index (κ1) is 9.51. The van der Waals surface area contributed by atoms with Gasteiger partial charge in [-0.05, 0) is 34.0 Å². The average Bonchev–Trinajstić information content (AvgIpc) is 2.08. The van der Waals surface area contributed by atoms with Gasteiger partial charge in [-0.2, -0.15) is 0 Å². The van der Waals surface area contributed by atoms with Crippen LogP contribution in [0.1, 0.15) is 5.56 Å². The molecule has 0 bridgehead atoms. The zero-order chi connectivity index (χ0) is 8.97. The van der Waals surface area contributed by atoms with Gasteiger partial charge in [0.25, 0.3) is 0 Å². The maximum absolute atomic E-state index is 9.28. The second-order valence-electron chi connectivity index (χ2n) is 2.37. The van der Waals surface area contributed by atoms with Gasteiger partial charge in [0.1, 0.15) is 5.75 Å². The van der Waals surface area contributed by atoms with E-state index in [1.165, 1.54) is 0 Å². The molecule has 12 heavy (non-hydrogen) atoms. The van der Waals surface area contributed by atoms with Crippen LogP contribution in [0.5, 0.6) is 5.75 Å². The highest BCUT2D eigenvalue weighted by molar-refractivity contribution is 9.10. The molecule has 3 nitrogen and oxygen atoms in total. The molecule has 0 fully saturated rings. The molecule has 0 aromatic heterocycles. The Hall–Kier alpha value is -0.580. The summed E-state index contributed by atoms with van der Waals surface area (Å²) >= 11 is 3.26. The van der Waals surface area contributed by atoms with Crippen molar-refractivity contribution >= 4 is 15.9 Å². The van der Waals surface area contributed by atoms with Crippen LogP contribution >= 0.6 is 15.9 Å². The van der Waals surface area contributed by atoms with Gasteiger partial charge in [-0.3, -0.25) is 0 Å². The lowest BCUT2D eigenvalue weighted by atomic mass is 10.1. The molecule has 0 unspecified atom stereocenters. The van der Waals surface area contributed by atoms with Crippen LogP contribution in [0.3, 0.4) is 0 Å². The van der Waals surface area contributed by atoms with Gasteiger partial charge in [-0.15, -0.1) is 0 Å². The Balaban J connectivity index is 2.78. The summed E-state index contributed by atoms with van der Waals surface area (Å²) in [6.07, 6.45) is 0.686. The fraction of sp³-hybridized carbons (Fsp3) is 0.250. The molecule has 3 N–H and O–H groups in total. The van der Waals surface area contributed by atoms with Crippen LogP contribution in [0.4, 0.5) is 0 Å². The quantitative estimate of drug-likeness (QED) is 0.778. The van der Waals surface area contributed by atoms with E-state index < -0.39 is 0 Å². The van der Waals surface area contributed by atoms with E-state index in [0.717, 1.165) is 5.56 Å². The van der Waals surface area contributed by atoms with Crippen molar-refractivity contribution in [2.24, 2.45) is 5.90 Å². The number of benzene rings is 1. The monoisotopic (exact) mass is 231 g/mol. The minimum absolute atomic E-state index is 0.240. The fourth-order valence-electron chi connectivity index (χ4n) is 0.928. The second kappa shape index (κ2) is 4.45. The summed E-state index contributed by atoms with van der Waals surface area (Å²) in [6.45, 7) is 0.446. The van der Waals surface area contributed by atoms with E-state index in [9.17, 15) is 5.11 Å². The minimum Gasteiger partial charge on any atom is -0.507 e. The molecule has 0 aliphatic heterocycles. The minimum atomic E-state index is 0.240. The Kier molecular flexibility index (Phi) is 3.52. The summed E-state index contributed by atoms with van der Waals surface area (Å²) in [7, 11) is 0. The number of rotatable bonds is 3. The molecular weight excluding hydrogens is 222 g/mol. The zero-order valence-corrected chi connectivity index (χ0v) is 8.04. The van der Waals surface area contributed by atoms with Gasteiger partial charge in [0, 0.05) is 0 Å². The molecule has 0 amide bonds. The number of nitrogens with two attached hydrogens (primary N) is 1. The third-order valence-corrected chi connectivity index (χ3v) is 2.46. The van der Waals surface area contributed by atoms with Crippen molar-refractivity contribution in [3.63, 3.8) is 0 Å². The molecule has 1 aromatic carbocycles. The van der Waals surface area contributed by atoms with Crippen molar-refractivity contribution in [1.82, 2.24) is 0 Å². The second-order valence-corrected chi connectivity index (χ2v) is 3.16. The van der Waals surface area contributed by atoms with Gasteiger partial charge in [-0.25, -0.2) is 5.90 Å². The topological polar surface area (TPSA) is 55.5 Å². The summed E-state index contributed by atoms with van der Waals surface area (Å²) in [4.78, 5) is 4.44. The van der Waals surface area contributed by atoms with Crippen LogP contribution in [0.25, 0.3) is 0 Å². The van der Waals surface area contributed by atoms with E-state index in [2.05, 4.69) is 20.8 Å². The van der Waals surface area contributed by atoms with Crippen molar-refractivity contribution in [2.75, 3.05) is 6.61 Å². The van der Waals surface area contributed by atoms with E-state index in [0.29, 0.717) is 17.5 Å². The predicted molar refractivity (Wildman–Crippen MR) is 49.7 cm³/mol. The summed E-state index contributed by atoms with van der Waals surface area (Å²) in [6, 6.07) is 5.31. The normalized spacial score (nSPS) is 10.2. The first-order valence-electron chi connectivity index (χ1n) is 3.53. The van der Waals surface area contributed by atoms with Gasteiger partial charge in [0.15, 0.2) is 0 Å². The molecule has 1 rings (SSSR count). The largest absolute Gasteiger partial charge is 0.507 e. The third kappa shape index (κ3) is 2.20. The zero-order valence-electron chi connectivity index (χ0n) is 6.46. The Morgan fingerprint density at radius 1 is 1.50 bits per heavy atom. The maximum atomic E-state index is 9.28. The van der Waals surface area contributed by atoms with Gasteiger partial charge in [-0.1, -0.05) is 12.1 Å². The lowest BCUT2D eigenvalue weighted by Crippen LogP contribution is -2.03. The Bertz CT molecular complexity index is 265. The van der Waals surface area contributed by atoms with E-state index in [4.69, 9.17) is 5.90 Å². The fourth-order valence-corrected chi connectivity index (χ4v) is 1.39. The molecule has 0 saturated heterocycles. The molecule has 0 saturated carbocycles. The predicted octanol–water partition coefficient (Wildman–Crippen LogP) is 1.59. The van der Waals surface area contributed by atoms with Crippen molar-refractivity contribution < 1.29 is 9.94 Å². The van der Waals surface area contributed by atoms with E-state index in [1.807, 2.05) is 6.07 Å². The van der Waals surface area contributed by atoms with E-state index in [1.54, 1.807) is 12.1 Å². The number of hydrogen-bond donors (Lipinski definition) is 2.